The van der Waals surface area contributed by atoms with Crippen LogP contribution in [0, 0.1) is 0 Å². The maximum atomic E-state index is 12.1. The van der Waals surface area contributed by atoms with E-state index < -0.39 is 0 Å². The van der Waals surface area contributed by atoms with Gasteiger partial charge in [-0.3, -0.25) is 4.79 Å². The molecule has 7 nitrogen and oxygen atoms in total. The van der Waals surface area contributed by atoms with Crippen molar-refractivity contribution in [3.63, 3.8) is 0 Å². The molecule has 0 bridgehead atoms. The minimum Gasteiger partial charge on any atom is -0.462 e. The Bertz CT molecular complexity index is 959. The Kier molecular flexibility index (Phi) is 6.31. The molecule has 9 heteroatoms. The summed E-state index contributed by atoms with van der Waals surface area (Å²) in [6, 6.07) is 8.30. The van der Waals surface area contributed by atoms with Gasteiger partial charge in [-0.25, -0.2) is 14.8 Å². The van der Waals surface area contributed by atoms with E-state index in [0.717, 1.165) is 11.9 Å². The number of imidazole rings is 1. The molecule has 0 fully saturated rings. The first-order chi connectivity index (χ1) is 13.0. The van der Waals surface area contributed by atoms with Crippen molar-refractivity contribution in [1.82, 2.24) is 15.0 Å². The van der Waals surface area contributed by atoms with E-state index in [2.05, 4.69) is 20.3 Å². The van der Waals surface area contributed by atoms with Crippen molar-refractivity contribution in [2.24, 2.45) is 0 Å². The second-order valence-electron chi connectivity index (χ2n) is 5.62. The fraction of sp³-hybridized carbons (Fsp3) is 0.222. The normalized spacial score (nSPS) is 10.7. The lowest BCUT2D eigenvalue weighted by Gasteiger charge is -2.06. The number of nitrogens with one attached hydrogen (secondary N) is 2. The van der Waals surface area contributed by atoms with Crippen LogP contribution in [0.25, 0.3) is 11.2 Å². The number of H-pyrrole nitrogens is 1. The first kappa shape index (κ1) is 19.2. The second-order valence-corrected chi connectivity index (χ2v) is 7.02. The predicted octanol–water partition coefficient (Wildman–Crippen LogP) is 3.91. The van der Waals surface area contributed by atoms with Gasteiger partial charge in [0.05, 0.1) is 28.5 Å². The highest BCUT2D eigenvalue weighted by Crippen LogP contribution is 2.20. The van der Waals surface area contributed by atoms with E-state index in [1.165, 1.54) is 18.0 Å². The van der Waals surface area contributed by atoms with Crippen molar-refractivity contribution in [1.29, 1.82) is 0 Å². The first-order valence-corrected chi connectivity index (χ1v) is 9.62. The Morgan fingerprint density at radius 3 is 2.81 bits per heavy atom. The minimum absolute atomic E-state index is 0.174. The van der Waals surface area contributed by atoms with E-state index in [9.17, 15) is 9.59 Å². The molecule has 0 spiro atoms. The van der Waals surface area contributed by atoms with Crippen LogP contribution >= 0.6 is 23.4 Å². The third kappa shape index (κ3) is 5.21. The number of hydrogen-bond acceptors (Lipinski definition) is 6. The van der Waals surface area contributed by atoms with Crippen molar-refractivity contribution in [2.75, 3.05) is 17.7 Å². The number of carbonyl (C=O) groups excluding carboxylic acids is 2. The molecule has 0 saturated heterocycles. The molecular weight excluding hydrogens is 388 g/mol. The average molecular weight is 405 g/mol. The molecule has 140 valence electrons. The van der Waals surface area contributed by atoms with Gasteiger partial charge in [-0.2, -0.15) is 0 Å². The average Bonchev–Trinajstić information content (AvgIpc) is 3.07. The Balaban J connectivity index is 1.53. The lowest BCUT2D eigenvalue weighted by atomic mass is 10.2. The summed E-state index contributed by atoms with van der Waals surface area (Å²) in [6.07, 6.45) is 2.29. The zero-order valence-electron chi connectivity index (χ0n) is 14.5. The minimum atomic E-state index is -0.371. The summed E-state index contributed by atoms with van der Waals surface area (Å²) in [5, 5.41) is 3.88. The number of rotatable bonds is 7. The van der Waals surface area contributed by atoms with Crippen LogP contribution < -0.4 is 5.32 Å². The molecule has 2 N–H and O–H groups in total. The summed E-state index contributed by atoms with van der Waals surface area (Å²) in [7, 11) is 0. The van der Waals surface area contributed by atoms with E-state index in [0.29, 0.717) is 33.7 Å². The molecule has 0 unspecified atom stereocenters. The molecule has 0 atom stereocenters. The number of pyridine rings is 1. The largest absolute Gasteiger partial charge is 0.462 e. The van der Waals surface area contributed by atoms with E-state index >= 15 is 0 Å². The molecule has 0 aliphatic rings. The summed E-state index contributed by atoms with van der Waals surface area (Å²) < 4.78 is 5.06. The molecule has 1 aromatic carbocycles. The van der Waals surface area contributed by atoms with E-state index in [4.69, 9.17) is 16.3 Å². The van der Waals surface area contributed by atoms with Crippen molar-refractivity contribution in [3.05, 3.63) is 47.1 Å². The predicted molar refractivity (Wildman–Crippen MR) is 105 cm³/mol. The molecule has 3 rings (SSSR count). The Labute approximate surface area is 164 Å². The van der Waals surface area contributed by atoms with Gasteiger partial charge in [-0.1, -0.05) is 30.3 Å². The first-order valence-electron chi connectivity index (χ1n) is 8.26. The summed E-state index contributed by atoms with van der Waals surface area (Å²) in [5.41, 5.74) is 2.32. The summed E-state index contributed by atoms with van der Waals surface area (Å²) in [6.45, 7) is 2.32. The van der Waals surface area contributed by atoms with Crippen LogP contribution in [0.1, 0.15) is 23.7 Å². The number of benzene rings is 1. The van der Waals surface area contributed by atoms with Gasteiger partial charge in [0.2, 0.25) is 5.91 Å². The van der Waals surface area contributed by atoms with Crippen LogP contribution in [0.2, 0.25) is 5.02 Å². The lowest BCUT2D eigenvalue weighted by Crippen LogP contribution is -2.14. The molecule has 3 aromatic rings. The fourth-order valence-electron chi connectivity index (χ4n) is 2.22. The number of amides is 1. The highest BCUT2D eigenvalue weighted by Gasteiger charge is 2.10. The van der Waals surface area contributed by atoms with Gasteiger partial charge in [0.1, 0.15) is 0 Å². The van der Waals surface area contributed by atoms with E-state index in [1.807, 2.05) is 6.92 Å². The summed E-state index contributed by atoms with van der Waals surface area (Å²) in [5.74, 6) is -0.384. The molecule has 27 heavy (non-hydrogen) atoms. The maximum Gasteiger partial charge on any atom is 0.338 e. The van der Waals surface area contributed by atoms with Gasteiger partial charge in [-0.15, -0.1) is 0 Å². The zero-order chi connectivity index (χ0) is 19.2. The Morgan fingerprint density at radius 2 is 2.07 bits per heavy atom. The highest BCUT2D eigenvalue weighted by molar-refractivity contribution is 7.99. The van der Waals surface area contributed by atoms with Gasteiger partial charge < -0.3 is 15.0 Å². The summed E-state index contributed by atoms with van der Waals surface area (Å²) in [4.78, 5) is 35.3. The molecular formula is C18H17ClN4O3S. The number of esters is 1. The van der Waals surface area contributed by atoms with Gasteiger partial charge in [0.25, 0.3) is 0 Å². The number of aromatic nitrogens is 3. The van der Waals surface area contributed by atoms with Gasteiger partial charge in [0.15, 0.2) is 10.8 Å². The monoisotopic (exact) mass is 404 g/mol. The van der Waals surface area contributed by atoms with Crippen LogP contribution in [-0.2, 0) is 9.53 Å². The Morgan fingerprint density at radius 1 is 1.30 bits per heavy atom. The Hall–Kier alpha value is -2.58. The highest BCUT2D eigenvalue weighted by atomic mass is 35.5. The van der Waals surface area contributed by atoms with Crippen molar-refractivity contribution in [2.45, 2.75) is 18.5 Å². The van der Waals surface area contributed by atoms with Gasteiger partial charge >= 0.3 is 5.97 Å². The molecule has 1 amide bonds. The van der Waals surface area contributed by atoms with E-state index in [-0.39, 0.29) is 17.6 Å². The maximum absolute atomic E-state index is 12.1. The third-order valence-corrected chi connectivity index (χ3v) is 4.54. The van der Waals surface area contributed by atoms with E-state index in [1.54, 1.807) is 30.3 Å². The number of ether oxygens (including phenoxy) is 1. The molecule has 0 aliphatic carbocycles. The number of halogens is 1. The second kappa shape index (κ2) is 8.88. The number of nitrogens with zero attached hydrogens (tertiary/aromatic N) is 2. The number of fused-ring (bicyclic) bond motifs is 1. The zero-order valence-corrected chi connectivity index (χ0v) is 16.1. The molecule has 0 aliphatic heterocycles. The van der Waals surface area contributed by atoms with Crippen molar-refractivity contribution in [3.8, 4) is 0 Å². The van der Waals surface area contributed by atoms with Crippen LogP contribution in [-0.4, -0.2) is 39.2 Å². The van der Waals surface area contributed by atoms with Crippen LogP contribution in [0.5, 0.6) is 0 Å². The van der Waals surface area contributed by atoms with Gasteiger partial charge in [-0.05, 0) is 36.8 Å². The quantitative estimate of drug-likeness (QED) is 0.457. The van der Waals surface area contributed by atoms with Crippen LogP contribution in [0.15, 0.2) is 41.7 Å². The van der Waals surface area contributed by atoms with Crippen LogP contribution in [0.4, 0.5) is 5.69 Å². The number of aromatic amines is 1. The SMILES string of the molecule is CCCOC(=O)c1ccc(NC(=O)CSc2nc3ncc(Cl)cc3[nH]2)cc1. The third-order valence-electron chi connectivity index (χ3n) is 3.46. The molecule has 2 heterocycles. The van der Waals surface area contributed by atoms with Crippen LogP contribution in [0.3, 0.4) is 0 Å². The molecule has 0 radical (unpaired) electrons. The molecule has 0 saturated carbocycles. The lowest BCUT2D eigenvalue weighted by molar-refractivity contribution is -0.113. The van der Waals surface area contributed by atoms with Crippen molar-refractivity contribution < 1.29 is 14.3 Å². The smallest absolute Gasteiger partial charge is 0.338 e. The fourth-order valence-corrected chi connectivity index (χ4v) is 3.05. The topological polar surface area (TPSA) is 97.0 Å². The summed E-state index contributed by atoms with van der Waals surface area (Å²) >= 11 is 7.15. The van der Waals surface area contributed by atoms with Gasteiger partial charge in [0, 0.05) is 11.9 Å². The number of hydrogen-bond donors (Lipinski definition) is 2. The number of thioether (sulfide) groups is 1. The number of carbonyl (C=O) groups is 2. The standard InChI is InChI=1S/C18H17ClN4O3S/c1-2-7-26-17(25)11-3-5-13(6-4-11)21-15(24)10-27-18-22-14-8-12(19)9-20-16(14)23-18/h3-6,8-9H,2,7,10H2,1H3,(H,21,24)(H,20,22,23). The number of anilines is 1. The molecule has 2 aromatic heterocycles. The van der Waals surface area contributed by atoms with Crippen molar-refractivity contribution >= 4 is 52.1 Å².